The van der Waals surface area contributed by atoms with Crippen molar-refractivity contribution in [2.24, 2.45) is 0 Å². The lowest BCUT2D eigenvalue weighted by molar-refractivity contribution is 0.0505. The molecule has 144 valence electrons. The van der Waals surface area contributed by atoms with Crippen LogP contribution in [-0.2, 0) is 0 Å². The Hall–Kier alpha value is -1.79. The summed E-state index contributed by atoms with van der Waals surface area (Å²) in [6.07, 6.45) is 1.43. The second-order valence-corrected chi connectivity index (χ2v) is 7.58. The number of aliphatic hydroxyl groups is 1. The van der Waals surface area contributed by atoms with Crippen molar-refractivity contribution in [3.05, 3.63) is 28.8 Å². The number of nitrogens with one attached hydrogen (secondary N) is 1. The van der Waals surface area contributed by atoms with Gasteiger partial charge in [-0.15, -0.1) is 0 Å². The number of aryl methyl sites for hydroxylation is 2. The number of nitrogens with zero attached hydrogens (tertiary/aromatic N) is 2. The zero-order valence-electron chi connectivity index (χ0n) is 16.1. The molecular formula is C20H31N3O3. The number of hydrogen-bond donors (Lipinski definition) is 2. The number of rotatable bonds is 6. The van der Waals surface area contributed by atoms with Crippen LogP contribution < -0.4 is 10.1 Å². The number of benzene rings is 1. The summed E-state index contributed by atoms with van der Waals surface area (Å²) in [5, 5.41) is 13.3. The van der Waals surface area contributed by atoms with Crippen LogP contribution in [0.2, 0.25) is 0 Å². The number of hydrogen-bond acceptors (Lipinski definition) is 4. The topological polar surface area (TPSA) is 65.0 Å². The Bertz CT molecular complexity index is 641. The van der Waals surface area contributed by atoms with E-state index in [1.54, 1.807) is 0 Å². The van der Waals surface area contributed by atoms with Crippen molar-refractivity contribution in [1.29, 1.82) is 0 Å². The van der Waals surface area contributed by atoms with E-state index in [1.165, 1.54) is 5.56 Å². The molecule has 2 saturated heterocycles. The molecule has 1 aromatic carbocycles. The van der Waals surface area contributed by atoms with Crippen molar-refractivity contribution in [1.82, 2.24) is 15.1 Å². The summed E-state index contributed by atoms with van der Waals surface area (Å²) in [4.78, 5) is 16.0. The quantitative estimate of drug-likeness (QED) is 0.812. The zero-order chi connectivity index (χ0) is 18.7. The van der Waals surface area contributed by atoms with Gasteiger partial charge in [0.2, 0.25) is 0 Å². The van der Waals surface area contributed by atoms with Crippen molar-refractivity contribution in [2.75, 3.05) is 39.3 Å². The van der Waals surface area contributed by atoms with Crippen LogP contribution in [0.25, 0.3) is 0 Å². The third-order valence-corrected chi connectivity index (χ3v) is 5.65. The first-order valence-electron chi connectivity index (χ1n) is 9.60. The van der Waals surface area contributed by atoms with Gasteiger partial charge in [-0.05, 0) is 50.3 Å². The average Bonchev–Trinajstić information content (AvgIpc) is 3.05. The second-order valence-electron chi connectivity index (χ2n) is 7.58. The van der Waals surface area contributed by atoms with Gasteiger partial charge in [0, 0.05) is 38.8 Å². The van der Waals surface area contributed by atoms with Crippen molar-refractivity contribution in [2.45, 2.75) is 45.8 Å². The molecule has 0 bridgehead atoms. The molecule has 2 aliphatic heterocycles. The Balaban J connectivity index is 1.44. The number of ether oxygens (including phenoxy) is 1. The van der Waals surface area contributed by atoms with Gasteiger partial charge >= 0.3 is 6.03 Å². The number of aliphatic hydroxyl groups excluding tert-OH is 1. The molecule has 1 aromatic rings. The van der Waals surface area contributed by atoms with Gasteiger partial charge < -0.3 is 25.0 Å². The van der Waals surface area contributed by atoms with Gasteiger partial charge in [-0.2, -0.15) is 0 Å². The van der Waals surface area contributed by atoms with E-state index in [0.717, 1.165) is 55.9 Å². The molecule has 2 fully saturated rings. The van der Waals surface area contributed by atoms with Gasteiger partial charge in [-0.3, -0.25) is 0 Å². The van der Waals surface area contributed by atoms with Crippen LogP contribution >= 0.6 is 0 Å². The highest BCUT2D eigenvalue weighted by Gasteiger charge is 2.31. The second kappa shape index (κ2) is 8.27. The van der Waals surface area contributed by atoms with Gasteiger partial charge in [-0.25, -0.2) is 4.79 Å². The zero-order valence-corrected chi connectivity index (χ0v) is 16.1. The molecule has 0 radical (unpaired) electrons. The maximum atomic E-state index is 11.8. The Morgan fingerprint density at radius 3 is 2.54 bits per heavy atom. The third-order valence-electron chi connectivity index (χ3n) is 5.65. The van der Waals surface area contributed by atoms with E-state index in [2.05, 4.69) is 36.2 Å². The molecule has 0 unspecified atom stereocenters. The van der Waals surface area contributed by atoms with E-state index < -0.39 is 6.10 Å². The first-order chi connectivity index (χ1) is 12.5. The largest absolute Gasteiger partial charge is 0.490 e. The molecule has 0 aliphatic carbocycles. The molecule has 3 rings (SSSR count). The van der Waals surface area contributed by atoms with Crippen molar-refractivity contribution < 1.29 is 14.6 Å². The Morgan fingerprint density at radius 1 is 1.19 bits per heavy atom. The molecular weight excluding hydrogens is 330 g/mol. The fourth-order valence-corrected chi connectivity index (χ4v) is 3.93. The predicted molar refractivity (Wildman–Crippen MR) is 102 cm³/mol. The SMILES string of the molecule is Cc1ccc(C)c(OC[C@@H](O)CN2CCC(N3CCNC3=O)CC2)c1C. The van der Waals surface area contributed by atoms with E-state index in [4.69, 9.17) is 4.74 Å². The summed E-state index contributed by atoms with van der Waals surface area (Å²) in [6, 6.07) is 4.56. The molecule has 2 amide bonds. The smallest absolute Gasteiger partial charge is 0.317 e. The maximum Gasteiger partial charge on any atom is 0.317 e. The van der Waals surface area contributed by atoms with Gasteiger partial charge in [0.1, 0.15) is 18.5 Å². The van der Waals surface area contributed by atoms with Crippen molar-refractivity contribution in [3.63, 3.8) is 0 Å². The first kappa shape index (κ1) is 19.0. The Morgan fingerprint density at radius 2 is 1.88 bits per heavy atom. The number of carbonyl (C=O) groups excluding carboxylic acids is 1. The average molecular weight is 361 g/mol. The molecule has 2 heterocycles. The number of urea groups is 1. The first-order valence-corrected chi connectivity index (χ1v) is 9.60. The summed E-state index contributed by atoms with van der Waals surface area (Å²) < 4.78 is 5.93. The normalized spacial score (nSPS) is 20.3. The molecule has 26 heavy (non-hydrogen) atoms. The summed E-state index contributed by atoms with van der Waals surface area (Å²) in [6.45, 7) is 10.5. The van der Waals surface area contributed by atoms with Crippen molar-refractivity contribution >= 4 is 6.03 Å². The predicted octanol–water partition coefficient (Wildman–Crippen LogP) is 1.84. The minimum atomic E-state index is -0.513. The molecule has 6 nitrogen and oxygen atoms in total. The lowest BCUT2D eigenvalue weighted by Gasteiger charge is -2.36. The third kappa shape index (κ3) is 4.30. The van der Waals surface area contributed by atoms with Gasteiger partial charge in [0.15, 0.2) is 0 Å². The van der Waals surface area contributed by atoms with E-state index in [9.17, 15) is 9.90 Å². The van der Waals surface area contributed by atoms with Crippen LogP contribution in [0, 0.1) is 20.8 Å². The number of piperidine rings is 1. The summed E-state index contributed by atoms with van der Waals surface area (Å²) in [5.41, 5.74) is 3.44. The number of carbonyl (C=O) groups is 1. The van der Waals surface area contributed by atoms with Crippen LogP contribution in [0.5, 0.6) is 5.75 Å². The highest BCUT2D eigenvalue weighted by molar-refractivity contribution is 5.76. The van der Waals surface area contributed by atoms with Crippen LogP contribution in [0.4, 0.5) is 4.79 Å². The molecule has 0 spiro atoms. The molecule has 2 N–H and O–H groups in total. The van der Waals surface area contributed by atoms with Crippen LogP contribution in [0.1, 0.15) is 29.5 Å². The molecule has 1 atom stereocenters. The molecule has 6 heteroatoms. The van der Waals surface area contributed by atoms with Gasteiger partial charge in [0.05, 0.1) is 0 Å². The minimum absolute atomic E-state index is 0.0702. The monoisotopic (exact) mass is 361 g/mol. The summed E-state index contributed by atoms with van der Waals surface area (Å²) >= 11 is 0. The van der Waals surface area contributed by atoms with Crippen LogP contribution in [-0.4, -0.2) is 72.4 Å². The fourth-order valence-electron chi connectivity index (χ4n) is 3.93. The Kier molecular flexibility index (Phi) is 6.04. The Labute approximate surface area is 156 Å². The van der Waals surface area contributed by atoms with Gasteiger partial charge in [0.25, 0.3) is 0 Å². The van der Waals surface area contributed by atoms with E-state index in [-0.39, 0.29) is 6.03 Å². The number of likely N-dealkylation sites (tertiary alicyclic amines) is 1. The van der Waals surface area contributed by atoms with E-state index in [1.807, 2.05) is 11.8 Å². The standard InChI is InChI=1S/C20H31N3O3/c1-14-4-5-15(2)19(16(14)3)26-13-18(24)12-22-9-6-17(7-10-22)23-11-8-21-20(23)25/h4-5,17-18,24H,6-13H2,1-3H3,(H,21,25)/t18-/m0/s1. The molecule has 0 saturated carbocycles. The summed E-state index contributed by atoms with van der Waals surface area (Å²) in [7, 11) is 0. The van der Waals surface area contributed by atoms with Gasteiger partial charge in [-0.1, -0.05) is 12.1 Å². The lowest BCUT2D eigenvalue weighted by Crippen LogP contribution is -2.48. The van der Waals surface area contributed by atoms with E-state index >= 15 is 0 Å². The number of amides is 2. The van der Waals surface area contributed by atoms with Crippen LogP contribution in [0.15, 0.2) is 12.1 Å². The van der Waals surface area contributed by atoms with Crippen LogP contribution in [0.3, 0.4) is 0 Å². The van der Waals surface area contributed by atoms with Crippen molar-refractivity contribution in [3.8, 4) is 5.75 Å². The fraction of sp³-hybridized carbons (Fsp3) is 0.650. The molecule has 0 aromatic heterocycles. The van der Waals surface area contributed by atoms with E-state index in [0.29, 0.717) is 19.2 Å². The highest BCUT2D eigenvalue weighted by atomic mass is 16.5. The summed E-state index contributed by atoms with van der Waals surface area (Å²) in [5.74, 6) is 0.891. The highest BCUT2D eigenvalue weighted by Crippen LogP contribution is 2.26. The minimum Gasteiger partial charge on any atom is -0.490 e. The number of β-amino-alcohol motifs (C(OH)–C–C–N with tert-alkyl or cyclic N) is 1. The maximum absolute atomic E-state index is 11.8. The molecule has 2 aliphatic rings. The lowest BCUT2D eigenvalue weighted by atomic mass is 10.0.